The van der Waals surface area contributed by atoms with Crippen molar-refractivity contribution in [2.75, 3.05) is 6.54 Å². The first-order valence-electron chi connectivity index (χ1n) is 7.08. The maximum Gasteiger partial charge on any atom is 0.227 e. The molecular formula is C14H17N7O. The van der Waals surface area contributed by atoms with E-state index in [1.54, 1.807) is 11.0 Å². The molecule has 2 aromatic heterocycles. The molecule has 22 heavy (non-hydrogen) atoms. The van der Waals surface area contributed by atoms with E-state index in [9.17, 15) is 0 Å². The molecule has 0 aliphatic carbocycles. The van der Waals surface area contributed by atoms with Crippen LogP contribution in [0.15, 0.2) is 35.1 Å². The van der Waals surface area contributed by atoms with Gasteiger partial charge in [0, 0.05) is 19.0 Å². The molecule has 1 aromatic carbocycles. The predicted octanol–water partition coefficient (Wildman–Crippen LogP) is 1.25. The number of hydrogen-bond acceptors (Lipinski definition) is 7. The van der Waals surface area contributed by atoms with E-state index in [4.69, 9.17) is 4.52 Å². The zero-order valence-electron chi connectivity index (χ0n) is 12.5. The van der Waals surface area contributed by atoms with Gasteiger partial charge in [0.2, 0.25) is 5.89 Å². The van der Waals surface area contributed by atoms with Crippen LogP contribution in [0.5, 0.6) is 0 Å². The van der Waals surface area contributed by atoms with Crippen LogP contribution in [0.4, 0.5) is 0 Å². The zero-order chi connectivity index (χ0) is 15.4. The number of nitrogens with zero attached hydrogens (tertiary/aromatic N) is 6. The Hall–Kier alpha value is -2.61. The van der Waals surface area contributed by atoms with Crippen LogP contribution in [0.3, 0.4) is 0 Å². The Morgan fingerprint density at radius 1 is 1.27 bits per heavy atom. The smallest absolute Gasteiger partial charge is 0.227 e. The second-order valence-corrected chi connectivity index (χ2v) is 5.01. The molecule has 1 atom stereocenters. The summed E-state index contributed by atoms with van der Waals surface area (Å²) in [7, 11) is 0. The molecule has 0 spiro atoms. The molecule has 3 aromatic rings. The SMILES string of the molecule is Cc1noc(CCNC(C)c2ccc(-n3cnnn3)cc2)n1. The highest BCUT2D eigenvalue weighted by Gasteiger charge is 2.07. The zero-order valence-corrected chi connectivity index (χ0v) is 12.5. The fourth-order valence-corrected chi connectivity index (χ4v) is 2.15. The lowest BCUT2D eigenvalue weighted by Crippen LogP contribution is -2.21. The second kappa shape index (κ2) is 6.44. The molecule has 0 saturated carbocycles. The molecule has 0 radical (unpaired) electrons. The average molecular weight is 299 g/mol. The Bertz CT molecular complexity index is 705. The lowest BCUT2D eigenvalue weighted by Gasteiger charge is -2.14. The highest BCUT2D eigenvalue weighted by Crippen LogP contribution is 2.15. The van der Waals surface area contributed by atoms with Crippen molar-refractivity contribution in [3.05, 3.63) is 47.9 Å². The third kappa shape index (κ3) is 3.34. The van der Waals surface area contributed by atoms with Crippen LogP contribution < -0.4 is 5.32 Å². The van der Waals surface area contributed by atoms with E-state index in [1.165, 1.54) is 5.56 Å². The largest absolute Gasteiger partial charge is 0.339 e. The molecule has 0 amide bonds. The summed E-state index contributed by atoms with van der Waals surface area (Å²) in [6.07, 6.45) is 2.29. The maximum absolute atomic E-state index is 5.09. The van der Waals surface area contributed by atoms with Crippen LogP contribution in [0.2, 0.25) is 0 Å². The minimum Gasteiger partial charge on any atom is -0.339 e. The van der Waals surface area contributed by atoms with Crippen LogP contribution in [0, 0.1) is 6.92 Å². The van der Waals surface area contributed by atoms with Gasteiger partial charge in [-0.3, -0.25) is 0 Å². The average Bonchev–Trinajstić information content (AvgIpc) is 3.19. The van der Waals surface area contributed by atoms with Gasteiger partial charge in [-0.15, -0.1) is 5.10 Å². The number of aromatic nitrogens is 6. The summed E-state index contributed by atoms with van der Waals surface area (Å²) >= 11 is 0. The molecule has 8 nitrogen and oxygen atoms in total. The minimum atomic E-state index is 0.229. The van der Waals surface area contributed by atoms with Gasteiger partial charge in [0.05, 0.1) is 5.69 Å². The topological polar surface area (TPSA) is 94.6 Å². The number of nitrogens with one attached hydrogen (secondary N) is 1. The molecule has 0 aliphatic rings. The first kappa shape index (κ1) is 14.3. The van der Waals surface area contributed by atoms with E-state index < -0.39 is 0 Å². The van der Waals surface area contributed by atoms with Crippen molar-refractivity contribution in [2.45, 2.75) is 26.3 Å². The van der Waals surface area contributed by atoms with Crippen molar-refractivity contribution >= 4 is 0 Å². The standard InChI is InChI=1S/C14H17N7O/c1-10(15-8-7-14-17-11(2)18-22-14)12-3-5-13(6-4-12)21-9-16-19-20-21/h3-6,9-10,15H,7-8H2,1-2H3. The number of aryl methyl sites for hydroxylation is 1. The normalized spacial score (nSPS) is 12.5. The highest BCUT2D eigenvalue weighted by atomic mass is 16.5. The molecule has 0 fully saturated rings. The van der Waals surface area contributed by atoms with E-state index in [0.717, 1.165) is 12.2 Å². The van der Waals surface area contributed by atoms with Gasteiger partial charge >= 0.3 is 0 Å². The summed E-state index contributed by atoms with van der Waals surface area (Å²) in [5.74, 6) is 1.33. The highest BCUT2D eigenvalue weighted by molar-refractivity contribution is 5.34. The fraction of sp³-hybridized carbons (Fsp3) is 0.357. The summed E-state index contributed by atoms with van der Waals surface area (Å²) in [6.45, 7) is 4.71. The van der Waals surface area contributed by atoms with Crippen molar-refractivity contribution in [1.29, 1.82) is 0 Å². The van der Waals surface area contributed by atoms with Crippen molar-refractivity contribution < 1.29 is 4.52 Å². The van der Waals surface area contributed by atoms with E-state index in [-0.39, 0.29) is 6.04 Å². The molecule has 1 N–H and O–H groups in total. The monoisotopic (exact) mass is 299 g/mol. The van der Waals surface area contributed by atoms with Gasteiger partial charge in [-0.05, 0) is 42.0 Å². The summed E-state index contributed by atoms with van der Waals surface area (Å²) in [5, 5.41) is 18.3. The van der Waals surface area contributed by atoms with Gasteiger partial charge in [-0.1, -0.05) is 17.3 Å². The molecule has 8 heteroatoms. The lowest BCUT2D eigenvalue weighted by molar-refractivity contribution is 0.370. The quantitative estimate of drug-likeness (QED) is 0.731. The summed E-state index contributed by atoms with van der Waals surface area (Å²) in [5.41, 5.74) is 2.13. The van der Waals surface area contributed by atoms with Gasteiger partial charge in [0.1, 0.15) is 6.33 Å². The van der Waals surface area contributed by atoms with Crippen molar-refractivity contribution in [2.24, 2.45) is 0 Å². The van der Waals surface area contributed by atoms with E-state index >= 15 is 0 Å². The van der Waals surface area contributed by atoms with Crippen molar-refractivity contribution in [3.63, 3.8) is 0 Å². The van der Waals surface area contributed by atoms with Crippen LogP contribution in [0.25, 0.3) is 5.69 Å². The Balaban J connectivity index is 1.54. The number of tetrazole rings is 1. The Morgan fingerprint density at radius 3 is 2.73 bits per heavy atom. The van der Waals surface area contributed by atoms with E-state index in [0.29, 0.717) is 18.1 Å². The predicted molar refractivity (Wildman–Crippen MR) is 78.3 cm³/mol. The molecule has 3 rings (SSSR count). The number of hydrogen-bond donors (Lipinski definition) is 1. The van der Waals surface area contributed by atoms with E-state index in [2.05, 4.69) is 50.0 Å². The maximum atomic E-state index is 5.09. The van der Waals surface area contributed by atoms with Gasteiger partial charge in [0.25, 0.3) is 0 Å². The fourth-order valence-electron chi connectivity index (χ4n) is 2.15. The third-order valence-electron chi connectivity index (χ3n) is 3.37. The molecule has 0 bridgehead atoms. The summed E-state index contributed by atoms with van der Waals surface area (Å²) < 4.78 is 6.71. The molecular weight excluding hydrogens is 282 g/mol. The lowest BCUT2D eigenvalue weighted by atomic mass is 10.1. The second-order valence-electron chi connectivity index (χ2n) is 5.01. The Kier molecular flexibility index (Phi) is 4.19. The first-order valence-corrected chi connectivity index (χ1v) is 7.08. The molecule has 114 valence electrons. The summed E-state index contributed by atoms with van der Waals surface area (Å²) in [6, 6.07) is 8.33. The Morgan fingerprint density at radius 2 is 2.09 bits per heavy atom. The van der Waals surface area contributed by atoms with Crippen LogP contribution in [-0.2, 0) is 6.42 Å². The van der Waals surface area contributed by atoms with Gasteiger partial charge in [-0.2, -0.15) is 4.98 Å². The molecule has 2 heterocycles. The van der Waals surface area contributed by atoms with E-state index in [1.807, 2.05) is 19.1 Å². The van der Waals surface area contributed by atoms with Gasteiger partial charge < -0.3 is 9.84 Å². The number of benzene rings is 1. The molecule has 0 aliphatic heterocycles. The van der Waals surface area contributed by atoms with Gasteiger partial charge in [-0.25, -0.2) is 4.68 Å². The Labute approximate surface area is 127 Å². The third-order valence-corrected chi connectivity index (χ3v) is 3.37. The van der Waals surface area contributed by atoms with Crippen LogP contribution >= 0.6 is 0 Å². The molecule has 1 unspecified atom stereocenters. The summed E-state index contributed by atoms with van der Waals surface area (Å²) in [4.78, 5) is 4.18. The van der Waals surface area contributed by atoms with Crippen molar-refractivity contribution in [1.82, 2.24) is 35.7 Å². The van der Waals surface area contributed by atoms with Crippen molar-refractivity contribution in [3.8, 4) is 5.69 Å². The van der Waals surface area contributed by atoms with Crippen LogP contribution in [-0.4, -0.2) is 36.9 Å². The first-order chi connectivity index (χ1) is 10.7. The van der Waals surface area contributed by atoms with Gasteiger partial charge in [0.15, 0.2) is 5.82 Å². The minimum absolute atomic E-state index is 0.229. The van der Waals surface area contributed by atoms with Crippen LogP contribution in [0.1, 0.15) is 30.2 Å². The molecule has 0 saturated heterocycles. The number of rotatable bonds is 6.